The van der Waals surface area contributed by atoms with E-state index in [1.165, 1.54) is 43.1 Å². The van der Waals surface area contributed by atoms with Crippen molar-refractivity contribution in [3.8, 4) is 0 Å². The maximum absolute atomic E-state index is 5.87. The summed E-state index contributed by atoms with van der Waals surface area (Å²) in [5.41, 5.74) is 0. The van der Waals surface area contributed by atoms with E-state index >= 15 is 0 Å². The van der Waals surface area contributed by atoms with Gasteiger partial charge in [-0.25, -0.2) is 0 Å². The summed E-state index contributed by atoms with van der Waals surface area (Å²) >= 11 is -0.187. The Balaban J connectivity index is 2.11. The van der Waals surface area contributed by atoms with Gasteiger partial charge in [0.2, 0.25) is 0 Å². The molecule has 0 amide bonds. The Morgan fingerprint density at radius 1 is 1.17 bits per heavy atom. The van der Waals surface area contributed by atoms with E-state index in [0.29, 0.717) is 0 Å². The van der Waals surface area contributed by atoms with Crippen molar-refractivity contribution in [3.05, 3.63) is 0 Å². The van der Waals surface area contributed by atoms with E-state index in [2.05, 4.69) is 6.92 Å². The molecule has 0 heterocycles. The van der Waals surface area contributed by atoms with Gasteiger partial charge in [0.15, 0.2) is 0 Å². The first kappa shape index (κ1) is 11.1. The fourth-order valence-corrected chi connectivity index (χ4v) is 4.18. The highest BCUT2D eigenvalue weighted by Gasteiger charge is 2.19. The lowest BCUT2D eigenvalue weighted by atomic mass is 9.81. The molecule has 0 atom stereocenters. The average Bonchev–Trinajstić information content (AvgIpc) is 2.09. The van der Waals surface area contributed by atoms with Crippen molar-refractivity contribution in [1.29, 1.82) is 0 Å². The number of hydrogen-bond donors (Lipinski definition) is 0. The van der Waals surface area contributed by atoms with E-state index in [0.717, 1.165) is 11.8 Å². The summed E-state index contributed by atoms with van der Waals surface area (Å²) in [5.74, 6) is 2.07. The zero-order valence-electron chi connectivity index (χ0n) is 8.19. The molecule has 0 aliphatic heterocycles. The summed E-state index contributed by atoms with van der Waals surface area (Å²) in [5, 5.41) is 0. The molecule has 0 aromatic rings. The second kappa shape index (κ2) is 6.50. The molecule has 1 fully saturated rings. The van der Waals surface area contributed by atoms with Gasteiger partial charge < -0.3 is 9.07 Å². The Hall–Kier alpha value is 1.06. The first-order chi connectivity index (χ1) is 5.86. The number of hydrogen-bond acceptors (Lipinski definition) is 0. The molecule has 1 rings (SSSR count). The van der Waals surface area contributed by atoms with Crippen LogP contribution in [-0.2, 0) is 0 Å². The predicted octanol–water partition coefficient (Wildman–Crippen LogP) is 3.87. The Morgan fingerprint density at radius 2 is 1.75 bits per heavy atom. The minimum atomic E-state index is -0.187. The van der Waals surface area contributed by atoms with Crippen molar-refractivity contribution in [2.75, 3.05) is 0 Å². The van der Waals surface area contributed by atoms with Crippen LogP contribution in [0.25, 0.3) is 0 Å². The highest BCUT2D eigenvalue weighted by atomic mass is 35.5. The summed E-state index contributed by atoms with van der Waals surface area (Å²) in [6.45, 7) is 2.30. The second-order valence-corrected chi connectivity index (χ2v) is 6.24. The lowest BCUT2D eigenvalue weighted by molar-refractivity contribution is 0.276. The molecule has 2 heteroatoms. The topological polar surface area (TPSA) is 0 Å². The van der Waals surface area contributed by atoms with Crippen LogP contribution in [0.4, 0.5) is 0 Å². The van der Waals surface area contributed by atoms with Gasteiger partial charge in [0, 0.05) is 0 Å². The maximum Gasteiger partial charge on any atom is 0.501 e. The monoisotopic (exact) mass is 198 g/mol. The summed E-state index contributed by atoms with van der Waals surface area (Å²) in [4.78, 5) is 0. The largest absolute Gasteiger partial charge is 0.501 e. The van der Waals surface area contributed by atoms with Gasteiger partial charge in [0.1, 0.15) is 0 Å². The lowest BCUT2D eigenvalue weighted by Gasteiger charge is -2.28. The molecule has 68 valence electrons. The molecule has 12 heavy (non-hydrogen) atoms. The third-order valence-electron chi connectivity index (χ3n) is 3.18. The van der Waals surface area contributed by atoms with Gasteiger partial charge >= 0.3 is 19.3 Å². The highest BCUT2D eigenvalue weighted by Crippen LogP contribution is 2.33. The van der Waals surface area contributed by atoms with E-state index in [1.807, 2.05) is 0 Å². The quantitative estimate of drug-likeness (QED) is 0.602. The standard InChI is InChI=1S/C10H19.ClH.Mg/c1-3-4-10-7-5-9(2)6-8-10;;/h9-10H,2-8H2,1H3;1H;/q;;+1/p-1. The van der Waals surface area contributed by atoms with Crippen molar-refractivity contribution in [2.24, 2.45) is 11.8 Å². The molecule has 0 aromatic heterocycles. The normalized spacial score (nSPS) is 29.8. The SMILES string of the molecule is CCCC1CCC([CH2][Mg][Cl])CC1. The van der Waals surface area contributed by atoms with Gasteiger partial charge in [0.25, 0.3) is 0 Å². The van der Waals surface area contributed by atoms with Gasteiger partial charge in [0.05, 0.1) is 0 Å². The average molecular weight is 199 g/mol. The van der Waals surface area contributed by atoms with E-state index in [-0.39, 0.29) is 19.3 Å². The van der Waals surface area contributed by atoms with Crippen LogP contribution in [0.5, 0.6) is 0 Å². The minimum Gasteiger partial charge on any atom is -0.346 e. The van der Waals surface area contributed by atoms with Gasteiger partial charge in [-0.15, -0.1) is 4.55 Å². The fourth-order valence-electron chi connectivity index (χ4n) is 2.37. The lowest BCUT2D eigenvalue weighted by Crippen LogP contribution is -2.14. The van der Waals surface area contributed by atoms with E-state index in [1.54, 1.807) is 0 Å². The third-order valence-corrected chi connectivity index (χ3v) is 4.87. The van der Waals surface area contributed by atoms with Crippen molar-refractivity contribution in [1.82, 2.24) is 0 Å². The molecule has 0 nitrogen and oxygen atoms in total. The van der Waals surface area contributed by atoms with E-state index in [4.69, 9.17) is 9.07 Å². The van der Waals surface area contributed by atoms with Crippen molar-refractivity contribution in [3.63, 3.8) is 0 Å². The summed E-state index contributed by atoms with van der Waals surface area (Å²) in [6, 6.07) is 0. The second-order valence-electron chi connectivity index (χ2n) is 4.15. The third kappa shape index (κ3) is 3.84. The fraction of sp³-hybridized carbons (Fsp3) is 1.00. The zero-order valence-corrected chi connectivity index (χ0v) is 10.4. The van der Waals surface area contributed by atoms with Crippen molar-refractivity contribution in [2.45, 2.75) is 50.0 Å². The smallest absolute Gasteiger partial charge is 0.346 e. The summed E-state index contributed by atoms with van der Waals surface area (Å²) in [7, 11) is 5.87. The van der Waals surface area contributed by atoms with Crippen LogP contribution in [0.15, 0.2) is 0 Å². The first-order valence-corrected chi connectivity index (χ1v) is 8.56. The molecule has 1 saturated carbocycles. The zero-order chi connectivity index (χ0) is 8.81. The van der Waals surface area contributed by atoms with Crippen LogP contribution < -0.4 is 0 Å². The molecule has 0 aromatic carbocycles. The molecule has 0 spiro atoms. The van der Waals surface area contributed by atoms with Gasteiger partial charge in [-0.05, 0) is 5.92 Å². The number of halogens is 1. The van der Waals surface area contributed by atoms with Crippen LogP contribution in [0.2, 0.25) is 4.55 Å². The summed E-state index contributed by atoms with van der Waals surface area (Å²) < 4.78 is 1.39. The molecular formula is C10H19ClMg. The van der Waals surface area contributed by atoms with Gasteiger partial charge in [-0.1, -0.05) is 51.4 Å². The molecule has 1 aliphatic rings. The molecule has 0 N–H and O–H groups in total. The molecule has 0 bridgehead atoms. The van der Waals surface area contributed by atoms with Gasteiger partial charge in [-0.3, -0.25) is 0 Å². The van der Waals surface area contributed by atoms with Crippen molar-refractivity contribution < 1.29 is 0 Å². The molecule has 0 unspecified atom stereocenters. The highest BCUT2D eigenvalue weighted by molar-refractivity contribution is 6.93. The van der Waals surface area contributed by atoms with Crippen LogP contribution in [-0.4, -0.2) is 19.3 Å². The van der Waals surface area contributed by atoms with Crippen LogP contribution in [0.3, 0.4) is 0 Å². The Morgan fingerprint density at radius 3 is 2.25 bits per heavy atom. The summed E-state index contributed by atoms with van der Waals surface area (Å²) in [6.07, 6.45) is 8.77. The Labute approximate surface area is 89.9 Å². The van der Waals surface area contributed by atoms with Crippen LogP contribution in [0, 0.1) is 11.8 Å². The van der Waals surface area contributed by atoms with Crippen LogP contribution >= 0.6 is 9.07 Å². The molecule has 0 saturated heterocycles. The van der Waals surface area contributed by atoms with Gasteiger partial charge in [-0.2, -0.15) is 0 Å². The molecule has 0 radical (unpaired) electrons. The molecule has 1 aliphatic carbocycles. The maximum atomic E-state index is 5.87. The minimum absolute atomic E-state index is 0.187. The Bertz CT molecular complexity index is 94.4. The van der Waals surface area contributed by atoms with Crippen molar-refractivity contribution >= 4 is 28.3 Å². The Kier molecular flexibility index (Phi) is 6.03. The van der Waals surface area contributed by atoms with E-state index in [9.17, 15) is 0 Å². The first-order valence-electron chi connectivity index (χ1n) is 5.42. The number of rotatable bonds is 4. The van der Waals surface area contributed by atoms with Crippen LogP contribution in [0.1, 0.15) is 45.4 Å². The predicted molar refractivity (Wildman–Crippen MR) is 56.8 cm³/mol. The van der Waals surface area contributed by atoms with E-state index < -0.39 is 0 Å². The molecular weight excluding hydrogens is 180 g/mol.